The Kier molecular flexibility index (Phi) is 5.06. The highest BCUT2D eigenvalue weighted by Crippen LogP contribution is 2.28. The first-order chi connectivity index (χ1) is 12.0. The van der Waals surface area contributed by atoms with Gasteiger partial charge < -0.3 is 10.4 Å². The summed E-state index contributed by atoms with van der Waals surface area (Å²) in [5, 5.41) is 12.5. The van der Waals surface area contributed by atoms with Crippen LogP contribution in [0.1, 0.15) is 19.3 Å². The van der Waals surface area contributed by atoms with Gasteiger partial charge in [0, 0.05) is 6.54 Å². The van der Waals surface area contributed by atoms with Crippen LogP contribution in [0.25, 0.3) is 0 Å². The number of benzene rings is 2. The Morgan fingerprint density at radius 3 is 2.44 bits per heavy atom. The van der Waals surface area contributed by atoms with E-state index in [1.165, 1.54) is 22.5 Å². The average molecular weight is 360 g/mol. The third kappa shape index (κ3) is 3.67. The molecule has 0 saturated carbocycles. The van der Waals surface area contributed by atoms with E-state index in [4.69, 9.17) is 0 Å². The van der Waals surface area contributed by atoms with Crippen LogP contribution in [-0.4, -0.2) is 36.3 Å². The predicted octanol–water partition coefficient (Wildman–Crippen LogP) is 2.57. The Balaban J connectivity index is 1.86. The number of carbonyl (C=O) groups is 1. The van der Waals surface area contributed by atoms with Crippen molar-refractivity contribution >= 4 is 21.6 Å². The molecule has 0 radical (unpaired) electrons. The summed E-state index contributed by atoms with van der Waals surface area (Å²) in [5.74, 6) is -0.482. The van der Waals surface area contributed by atoms with Gasteiger partial charge >= 0.3 is 0 Å². The van der Waals surface area contributed by atoms with Crippen LogP contribution >= 0.6 is 0 Å². The van der Waals surface area contributed by atoms with E-state index < -0.39 is 22.0 Å². The first-order valence-corrected chi connectivity index (χ1v) is 9.60. The molecule has 25 heavy (non-hydrogen) atoms. The monoisotopic (exact) mass is 360 g/mol. The van der Waals surface area contributed by atoms with Crippen LogP contribution in [0.15, 0.2) is 59.5 Å². The maximum absolute atomic E-state index is 12.9. The largest absolute Gasteiger partial charge is 0.506 e. The summed E-state index contributed by atoms with van der Waals surface area (Å²) in [6.45, 7) is 0.302. The van der Waals surface area contributed by atoms with Crippen LogP contribution in [0, 0.1) is 0 Å². The first kappa shape index (κ1) is 17.4. The number of rotatable bonds is 4. The van der Waals surface area contributed by atoms with Crippen molar-refractivity contribution in [3.05, 3.63) is 54.6 Å². The molecule has 0 bridgehead atoms. The van der Waals surface area contributed by atoms with Gasteiger partial charge in [-0.3, -0.25) is 4.79 Å². The van der Waals surface area contributed by atoms with Crippen LogP contribution in [0.3, 0.4) is 0 Å². The number of para-hydroxylation sites is 2. The molecule has 3 rings (SSSR count). The van der Waals surface area contributed by atoms with Crippen LogP contribution in [0.4, 0.5) is 5.69 Å². The molecule has 1 unspecified atom stereocenters. The molecule has 1 atom stereocenters. The second-order valence-electron chi connectivity index (χ2n) is 5.95. The number of amides is 1. The molecule has 2 aromatic carbocycles. The smallest absolute Gasteiger partial charge is 0.243 e. The van der Waals surface area contributed by atoms with Gasteiger partial charge in [-0.2, -0.15) is 4.31 Å². The minimum atomic E-state index is -3.75. The molecule has 2 aromatic rings. The number of hydrogen-bond acceptors (Lipinski definition) is 4. The van der Waals surface area contributed by atoms with Gasteiger partial charge in [0.1, 0.15) is 11.8 Å². The minimum absolute atomic E-state index is 0.0517. The molecule has 1 amide bonds. The molecular weight excluding hydrogens is 340 g/mol. The maximum Gasteiger partial charge on any atom is 0.243 e. The molecule has 0 aromatic heterocycles. The van der Waals surface area contributed by atoms with Gasteiger partial charge in [-0.15, -0.1) is 0 Å². The lowest BCUT2D eigenvalue weighted by Crippen LogP contribution is -2.49. The van der Waals surface area contributed by atoms with Crippen molar-refractivity contribution < 1.29 is 18.3 Å². The summed E-state index contributed by atoms with van der Waals surface area (Å²) in [6, 6.07) is 13.7. The Labute approximate surface area is 147 Å². The average Bonchev–Trinajstić information content (AvgIpc) is 2.64. The van der Waals surface area contributed by atoms with E-state index in [1.54, 1.807) is 36.4 Å². The Bertz CT molecular complexity index is 852. The van der Waals surface area contributed by atoms with Crippen LogP contribution in [-0.2, 0) is 14.8 Å². The SMILES string of the molecule is O=C(Nc1ccccc1O)C1CCCCN1S(=O)(=O)c1ccccc1. The molecule has 6 nitrogen and oxygen atoms in total. The number of hydrogen-bond donors (Lipinski definition) is 2. The third-order valence-corrected chi connectivity index (χ3v) is 6.19. The van der Waals surface area contributed by atoms with E-state index in [-0.39, 0.29) is 16.3 Å². The highest BCUT2D eigenvalue weighted by molar-refractivity contribution is 7.89. The molecule has 1 fully saturated rings. The second-order valence-corrected chi connectivity index (χ2v) is 7.84. The van der Waals surface area contributed by atoms with Gasteiger partial charge in [-0.05, 0) is 37.1 Å². The summed E-state index contributed by atoms with van der Waals surface area (Å²) in [7, 11) is -3.75. The maximum atomic E-state index is 12.9. The van der Waals surface area contributed by atoms with Crippen molar-refractivity contribution in [1.29, 1.82) is 0 Å². The van der Waals surface area contributed by atoms with E-state index in [0.29, 0.717) is 19.4 Å². The zero-order valence-electron chi connectivity index (χ0n) is 13.6. The fourth-order valence-corrected chi connectivity index (χ4v) is 4.66. The topological polar surface area (TPSA) is 86.7 Å². The van der Waals surface area contributed by atoms with Crippen molar-refractivity contribution in [3.63, 3.8) is 0 Å². The molecule has 0 aliphatic carbocycles. The number of carbonyl (C=O) groups excluding carboxylic acids is 1. The molecule has 7 heteroatoms. The molecule has 132 valence electrons. The summed E-state index contributed by atoms with van der Waals surface area (Å²) < 4.78 is 27.1. The van der Waals surface area contributed by atoms with Crippen molar-refractivity contribution in [2.75, 3.05) is 11.9 Å². The number of nitrogens with zero attached hydrogens (tertiary/aromatic N) is 1. The summed E-state index contributed by atoms with van der Waals surface area (Å²) >= 11 is 0. The Morgan fingerprint density at radius 2 is 1.72 bits per heavy atom. The zero-order valence-corrected chi connectivity index (χ0v) is 14.4. The Morgan fingerprint density at radius 1 is 1.04 bits per heavy atom. The van der Waals surface area contributed by atoms with Crippen LogP contribution in [0.2, 0.25) is 0 Å². The minimum Gasteiger partial charge on any atom is -0.506 e. The molecule has 1 saturated heterocycles. The van der Waals surface area contributed by atoms with E-state index >= 15 is 0 Å². The van der Waals surface area contributed by atoms with Gasteiger partial charge in [0.25, 0.3) is 0 Å². The van der Waals surface area contributed by atoms with Gasteiger partial charge in [0.15, 0.2) is 0 Å². The molecule has 0 spiro atoms. The number of piperidine rings is 1. The molecular formula is C18H20N2O4S. The van der Waals surface area contributed by atoms with E-state index in [2.05, 4.69) is 5.32 Å². The van der Waals surface area contributed by atoms with Gasteiger partial charge in [0.05, 0.1) is 10.6 Å². The highest BCUT2D eigenvalue weighted by Gasteiger charge is 2.37. The van der Waals surface area contributed by atoms with Crippen molar-refractivity contribution in [2.24, 2.45) is 0 Å². The predicted molar refractivity (Wildman–Crippen MR) is 94.7 cm³/mol. The number of aromatic hydroxyl groups is 1. The van der Waals surface area contributed by atoms with Crippen LogP contribution in [0.5, 0.6) is 5.75 Å². The van der Waals surface area contributed by atoms with E-state index in [9.17, 15) is 18.3 Å². The lowest BCUT2D eigenvalue weighted by Gasteiger charge is -2.33. The second kappa shape index (κ2) is 7.25. The zero-order chi connectivity index (χ0) is 17.9. The van der Waals surface area contributed by atoms with Gasteiger partial charge in [0.2, 0.25) is 15.9 Å². The number of phenols is 1. The Hall–Kier alpha value is -2.38. The number of anilines is 1. The third-order valence-electron chi connectivity index (χ3n) is 4.27. The lowest BCUT2D eigenvalue weighted by molar-refractivity contribution is -0.120. The quantitative estimate of drug-likeness (QED) is 0.821. The van der Waals surface area contributed by atoms with Crippen molar-refractivity contribution in [1.82, 2.24) is 4.31 Å². The van der Waals surface area contributed by atoms with Crippen LogP contribution < -0.4 is 5.32 Å². The fourth-order valence-electron chi connectivity index (χ4n) is 2.98. The van der Waals surface area contributed by atoms with Gasteiger partial charge in [-0.25, -0.2) is 8.42 Å². The van der Waals surface area contributed by atoms with E-state index in [1.807, 2.05) is 0 Å². The molecule has 2 N–H and O–H groups in total. The summed E-state index contributed by atoms with van der Waals surface area (Å²) in [6.07, 6.45) is 1.94. The number of phenolic OH excluding ortho intramolecular Hbond substituents is 1. The molecule has 1 aliphatic rings. The highest BCUT2D eigenvalue weighted by atomic mass is 32.2. The summed E-state index contributed by atoms with van der Waals surface area (Å²) in [5.41, 5.74) is 0.273. The fraction of sp³-hybridized carbons (Fsp3) is 0.278. The molecule has 1 heterocycles. The standard InChI is InChI=1S/C18H20N2O4S/c21-17-12-5-4-10-15(17)19-18(22)16-11-6-7-13-20(16)25(23,24)14-8-2-1-3-9-14/h1-5,8-10,12,16,21H,6-7,11,13H2,(H,19,22). The number of nitrogens with one attached hydrogen (secondary N) is 1. The van der Waals surface area contributed by atoms with Crippen molar-refractivity contribution in [2.45, 2.75) is 30.2 Å². The summed E-state index contributed by atoms with van der Waals surface area (Å²) in [4.78, 5) is 12.9. The van der Waals surface area contributed by atoms with Gasteiger partial charge in [-0.1, -0.05) is 36.8 Å². The normalized spacial score (nSPS) is 18.6. The van der Waals surface area contributed by atoms with E-state index in [0.717, 1.165) is 6.42 Å². The molecule has 1 aliphatic heterocycles. The number of sulfonamides is 1. The van der Waals surface area contributed by atoms with Crippen molar-refractivity contribution in [3.8, 4) is 5.75 Å². The lowest BCUT2D eigenvalue weighted by atomic mass is 10.0. The first-order valence-electron chi connectivity index (χ1n) is 8.16.